The van der Waals surface area contributed by atoms with E-state index >= 15 is 0 Å². The number of rotatable bonds is 18. The number of carbonyl (C=O) groups is 4. The Bertz CT molecular complexity index is 1230. The van der Waals surface area contributed by atoms with Crippen LogP contribution >= 0.6 is 0 Å². The molecule has 4 aliphatic rings. The van der Waals surface area contributed by atoms with E-state index in [1.165, 1.54) is 0 Å². The smallest absolute Gasteiger partial charge is 0.333 e. The van der Waals surface area contributed by atoms with Crippen LogP contribution in [-0.2, 0) is 52.4 Å². The van der Waals surface area contributed by atoms with E-state index < -0.39 is 130 Å². The topological polar surface area (TPSA) is 350 Å². The summed E-state index contributed by atoms with van der Waals surface area (Å²) >= 11 is 0. The summed E-state index contributed by atoms with van der Waals surface area (Å²) in [7, 11) is 0. The Kier molecular flexibility index (Phi) is 16.8. The van der Waals surface area contributed by atoms with E-state index in [9.17, 15) is 70.2 Å². The molecule has 23 nitrogen and oxygen atoms in total. The van der Waals surface area contributed by atoms with Gasteiger partial charge in [0.1, 0.15) is 73.2 Å². The van der Waals surface area contributed by atoms with Crippen LogP contribution in [0, 0.1) is 0 Å². The first-order valence-corrected chi connectivity index (χ1v) is 17.5. The monoisotopic (exact) mass is 786 g/mol. The summed E-state index contributed by atoms with van der Waals surface area (Å²) in [4.78, 5) is 52.1. The summed E-state index contributed by atoms with van der Waals surface area (Å²) in [6.45, 7) is -2.21. The Morgan fingerprint density at radius 3 is 1.80 bits per heavy atom. The normalized spacial score (nSPS) is 38.8. The molecule has 4 saturated heterocycles. The Hall–Kier alpha value is -2.56. The minimum Gasteiger partial charge on any atom is -0.394 e. The van der Waals surface area contributed by atoms with Gasteiger partial charge in [0.2, 0.25) is 5.91 Å². The fourth-order valence-electron chi connectivity index (χ4n) is 6.00. The van der Waals surface area contributed by atoms with Crippen molar-refractivity contribution in [3.05, 3.63) is 0 Å². The maximum Gasteiger partial charge on any atom is 0.333 e. The van der Waals surface area contributed by atoms with E-state index in [-0.39, 0.29) is 57.6 Å². The molecule has 4 heterocycles. The molecule has 4 rings (SSSR count). The number of nitrogens with one attached hydrogen (secondary N) is 1. The predicted molar refractivity (Wildman–Crippen MR) is 168 cm³/mol. The van der Waals surface area contributed by atoms with E-state index in [0.717, 1.165) is 0 Å². The molecule has 4 fully saturated rings. The highest BCUT2D eigenvalue weighted by molar-refractivity contribution is 6.01. The molecule has 15 atom stereocenters. The lowest BCUT2D eigenvalue weighted by molar-refractivity contribution is -0.372. The van der Waals surface area contributed by atoms with Crippen molar-refractivity contribution < 1.29 is 104 Å². The number of nitrogens with zero attached hydrogens (tertiary/aromatic N) is 1. The maximum absolute atomic E-state index is 12.3. The quantitative estimate of drug-likeness (QED) is 0.0454. The Morgan fingerprint density at radius 1 is 0.648 bits per heavy atom. The first kappa shape index (κ1) is 44.2. The molecule has 0 spiro atoms. The molecule has 11 N–H and O–H groups in total. The molecule has 3 amide bonds. The maximum atomic E-state index is 12.3. The standard InChI is InChI=1S/C31H50N2O21/c34-10-13-20(40)23(43)26(46)29(50-13)49-12-15-22(42)25(45)28(53-30-27(47)24(44)21(41)14(11-35)51-30)31(52-15)48-9-3-8-32-16(36)4-1-2-5-19(39)54-33-17(37)6-7-18(33)38/h13-15,20-31,34-35,40-47H,1-12H2,(H,32,36)/t13-,14-,15-,20-,21-,22-,23+,24+,25+,26+,27+,28+,29+,30-,31-/m1/s1. The van der Waals surface area contributed by atoms with Crippen LogP contribution in [0.4, 0.5) is 0 Å². The zero-order valence-electron chi connectivity index (χ0n) is 29.1. The van der Waals surface area contributed by atoms with Crippen LogP contribution in [0.3, 0.4) is 0 Å². The molecule has 23 heteroatoms. The Labute approximate surface area is 307 Å². The van der Waals surface area contributed by atoms with E-state index in [1.54, 1.807) is 0 Å². The minimum atomic E-state index is -1.89. The second kappa shape index (κ2) is 20.6. The van der Waals surface area contributed by atoms with Gasteiger partial charge in [-0.15, -0.1) is 5.06 Å². The van der Waals surface area contributed by atoms with Gasteiger partial charge in [-0.2, -0.15) is 0 Å². The number of carbonyl (C=O) groups excluding carboxylic acids is 4. The fourth-order valence-corrected chi connectivity index (χ4v) is 6.00. The summed E-state index contributed by atoms with van der Waals surface area (Å²) in [5.74, 6) is -2.35. The largest absolute Gasteiger partial charge is 0.394 e. The molecule has 0 unspecified atom stereocenters. The second-order valence-electron chi connectivity index (χ2n) is 13.2. The first-order valence-electron chi connectivity index (χ1n) is 17.5. The predicted octanol–water partition coefficient (Wildman–Crippen LogP) is -6.87. The molecule has 0 aromatic carbocycles. The third-order valence-electron chi connectivity index (χ3n) is 9.22. The van der Waals surface area contributed by atoms with Crippen molar-refractivity contribution in [1.82, 2.24) is 10.4 Å². The summed E-state index contributed by atoms with van der Waals surface area (Å²) in [6.07, 6.45) is -24.5. The van der Waals surface area contributed by atoms with Gasteiger partial charge < -0.3 is 89.6 Å². The number of hydrogen-bond donors (Lipinski definition) is 11. The number of imide groups is 1. The van der Waals surface area contributed by atoms with Gasteiger partial charge >= 0.3 is 5.97 Å². The molecule has 0 saturated carbocycles. The number of aliphatic hydroxyl groups excluding tert-OH is 10. The van der Waals surface area contributed by atoms with Gasteiger partial charge in [0.05, 0.1) is 26.4 Å². The van der Waals surface area contributed by atoms with Crippen molar-refractivity contribution in [2.24, 2.45) is 0 Å². The van der Waals surface area contributed by atoms with E-state index in [0.29, 0.717) is 11.5 Å². The zero-order chi connectivity index (χ0) is 39.7. The third kappa shape index (κ3) is 11.1. The lowest BCUT2D eigenvalue weighted by Gasteiger charge is -2.46. The molecule has 0 aromatic heterocycles. The molecular weight excluding hydrogens is 736 g/mol. The molecule has 310 valence electrons. The molecule has 54 heavy (non-hydrogen) atoms. The van der Waals surface area contributed by atoms with Gasteiger partial charge in [0.25, 0.3) is 11.8 Å². The second-order valence-corrected chi connectivity index (χ2v) is 13.2. The van der Waals surface area contributed by atoms with Gasteiger partial charge in [-0.05, 0) is 19.3 Å². The van der Waals surface area contributed by atoms with Crippen LogP contribution in [0.15, 0.2) is 0 Å². The van der Waals surface area contributed by atoms with Crippen LogP contribution in [0.5, 0.6) is 0 Å². The molecule has 0 bridgehead atoms. The SMILES string of the molecule is O=C(CCCCC(=O)ON1C(=O)CCC1=O)NCCCO[C@@H]1O[C@H](CO[C@H]2O[C@H](CO)[C@@H](O)[C@H](O)[C@@H]2O)[C@@H](O)[C@H](O)[C@@H]1O[C@H]1O[C@H](CO)[C@@H](O)[C@H](O)[C@@H]1O. The van der Waals surface area contributed by atoms with Crippen molar-refractivity contribution in [2.75, 3.05) is 33.0 Å². The number of hydrogen-bond acceptors (Lipinski definition) is 21. The van der Waals surface area contributed by atoms with Crippen molar-refractivity contribution in [3.63, 3.8) is 0 Å². The fraction of sp³-hybridized carbons (Fsp3) is 0.871. The van der Waals surface area contributed by atoms with Crippen molar-refractivity contribution >= 4 is 23.7 Å². The summed E-state index contributed by atoms with van der Waals surface area (Å²) in [6, 6.07) is 0. The van der Waals surface area contributed by atoms with Crippen LogP contribution in [-0.4, -0.2) is 205 Å². The van der Waals surface area contributed by atoms with Gasteiger partial charge in [-0.1, -0.05) is 0 Å². The molecule has 0 aromatic rings. The summed E-state index contributed by atoms with van der Waals surface area (Å²) in [5, 5.41) is 105. The average Bonchev–Trinajstić information content (AvgIpc) is 3.47. The summed E-state index contributed by atoms with van der Waals surface area (Å²) < 4.78 is 33.4. The van der Waals surface area contributed by atoms with Gasteiger partial charge in [-0.25, -0.2) is 4.79 Å². The number of amides is 3. The highest BCUT2D eigenvalue weighted by atomic mass is 16.8. The lowest BCUT2D eigenvalue weighted by Crippen LogP contribution is -2.65. The third-order valence-corrected chi connectivity index (χ3v) is 9.22. The van der Waals surface area contributed by atoms with E-state index in [4.69, 9.17) is 33.3 Å². The van der Waals surface area contributed by atoms with Crippen molar-refractivity contribution in [2.45, 2.75) is 137 Å². The number of ether oxygens (including phenoxy) is 6. The highest BCUT2D eigenvalue weighted by Crippen LogP contribution is 2.31. The van der Waals surface area contributed by atoms with Gasteiger partial charge in [0.15, 0.2) is 18.9 Å². The van der Waals surface area contributed by atoms with E-state index in [2.05, 4.69) is 5.32 Å². The molecule has 4 aliphatic heterocycles. The van der Waals surface area contributed by atoms with Crippen molar-refractivity contribution in [3.8, 4) is 0 Å². The molecule has 0 aliphatic carbocycles. The lowest BCUT2D eigenvalue weighted by atomic mass is 9.97. The van der Waals surface area contributed by atoms with Gasteiger partial charge in [-0.3, -0.25) is 14.4 Å². The van der Waals surface area contributed by atoms with Crippen LogP contribution < -0.4 is 5.32 Å². The van der Waals surface area contributed by atoms with Crippen molar-refractivity contribution in [1.29, 1.82) is 0 Å². The van der Waals surface area contributed by atoms with E-state index in [1.807, 2.05) is 0 Å². The van der Waals surface area contributed by atoms with Crippen LogP contribution in [0.25, 0.3) is 0 Å². The number of hydroxylamine groups is 2. The molecule has 0 radical (unpaired) electrons. The number of aliphatic hydroxyl groups is 10. The molecular formula is C31H50N2O21. The minimum absolute atomic E-state index is 0.0312. The Balaban J connectivity index is 1.28. The first-order chi connectivity index (χ1) is 25.7. The van der Waals surface area contributed by atoms with Crippen LogP contribution in [0.2, 0.25) is 0 Å². The van der Waals surface area contributed by atoms with Crippen LogP contribution in [0.1, 0.15) is 44.9 Å². The summed E-state index contributed by atoms with van der Waals surface area (Å²) in [5.41, 5.74) is 0. The zero-order valence-corrected chi connectivity index (χ0v) is 29.1. The van der Waals surface area contributed by atoms with Gasteiger partial charge in [0, 0.05) is 32.2 Å². The number of unbranched alkanes of at least 4 members (excludes halogenated alkanes) is 1. The highest BCUT2D eigenvalue weighted by Gasteiger charge is 2.52. The Morgan fingerprint density at radius 2 is 1.19 bits per heavy atom. The average molecular weight is 787 g/mol.